The minimum Gasteiger partial charge on any atom is -0.507 e. The summed E-state index contributed by atoms with van der Waals surface area (Å²) in [5.41, 5.74) is 0.769. The van der Waals surface area contributed by atoms with Crippen molar-refractivity contribution in [2.75, 3.05) is 0 Å². The topological polar surface area (TPSA) is 50.9 Å². The van der Waals surface area contributed by atoms with Crippen molar-refractivity contribution in [2.24, 2.45) is 0 Å². The summed E-state index contributed by atoms with van der Waals surface area (Å²) in [7, 11) is 0. The predicted molar refractivity (Wildman–Crippen MR) is 69.4 cm³/mol. The van der Waals surface area contributed by atoms with E-state index in [2.05, 4.69) is 14.8 Å². The molecule has 0 aliphatic heterocycles. The summed E-state index contributed by atoms with van der Waals surface area (Å²) >= 11 is 0. The molecule has 4 nitrogen and oxygen atoms in total. The van der Waals surface area contributed by atoms with Crippen LogP contribution >= 0.6 is 0 Å². The first-order valence-corrected chi connectivity index (χ1v) is 6.47. The molecule has 1 N–H and O–H groups in total. The number of hydrogen-bond acceptors (Lipinski definition) is 3. The van der Waals surface area contributed by atoms with E-state index in [1.807, 2.05) is 25.1 Å². The molecule has 0 bridgehead atoms. The van der Waals surface area contributed by atoms with Crippen LogP contribution in [0.2, 0.25) is 0 Å². The summed E-state index contributed by atoms with van der Waals surface area (Å²) in [5.74, 6) is 1.99. The molecule has 0 amide bonds. The largest absolute Gasteiger partial charge is 0.507 e. The monoisotopic (exact) mass is 243 g/mol. The van der Waals surface area contributed by atoms with Crippen molar-refractivity contribution in [1.29, 1.82) is 0 Å². The number of nitrogens with zero attached hydrogens (tertiary/aromatic N) is 3. The molecule has 1 aromatic heterocycles. The van der Waals surface area contributed by atoms with Crippen LogP contribution in [-0.4, -0.2) is 19.9 Å². The smallest absolute Gasteiger partial charge is 0.167 e. The normalized spacial score (nSPS) is 16.3. The van der Waals surface area contributed by atoms with Crippen LogP contribution in [0.5, 0.6) is 5.75 Å². The number of aryl methyl sites for hydroxylation is 1. The minimum atomic E-state index is 0.268. The van der Waals surface area contributed by atoms with E-state index in [1.54, 1.807) is 6.07 Å². The first-order chi connectivity index (χ1) is 8.77. The molecular weight excluding hydrogens is 226 g/mol. The lowest BCUT2D eigenvalue weighted by molar-refractivity contribution is 0.473. The predicted octanol–water partition coefficient (Wildman–Crippen LogP) is 3.07. The summed E-state index contributed by atoms with van der Waals surface area (Å²) in [6.45, 7) is 1.98. The van der Waals surface area contributed by atoms with Gasteiger partial charge < -0.3 is 9.67 Å². The Hall–Kier alpha value is -1.84. The zero-order chi connectivity index (χ0) is 12.5. The third-order valence-corrected chi connectivity index (χ3v) is 3.70. The first-order valence-electron chi connectivity index (χ1n) is 6.47. The first kappa shape index (κ1) is 11.3. The number of phenols is 1. The van der Waals surface area contributed by atoms with Gasteiger partial charge in [-0.3, -0.25) is 0 Å². The average molecular weight is 243 g/mol. The zero-order valence-electron chi connectivity index (χ0n) is 10.5. The van der Waals surface area contributed by atoms with E-state index in [1.165, 1.54) is 25.7 Å². The van der Waals surface area contributed by atoms with E-state index in [-0.39, 0.29) is 5.75 Å². The Labute approximate surface area is 106 Å². The van der Waals surface area contributed by atoms with Crippen LogP contribution < -0.4 is 0 Å². The Bertz CT molecular complexity index is 556. The molecule has 4 heteroatoms. The van der Waals surface area contributed by atoms with Crippen LogP contribution in [0.1, 0.15) is 37.5 Å². The maximum atomic E-state index is 9.96. The van der Waals surface area contributed by atoms with Gasteiger partial charge in [0.25, 0.3) is 0 Å². The van der Waals surface area contributed by atoms with Gasteiger partial charge in [0.1, 0.15) is 11.6 Å². The highest BCUT2D eigenvalue weighted by Crippen LogP contribution is 2.35. The van der Waals surface area contributed by atoms with Gasteiger partial charge in [-0.15, -0.1) is 10.2 Å². The van der Waals surface area contributed by atoms with Crippen LogP contribution in [0.25, 0.3) is 11.4 Å². The van der Waals surface area contributed by atoms with Gasteiger partial charge in [0.15, 0.2) is 5.82 Å². The standard InChI is InChI=1S/C14H17N3O/c1-10-15-16-14(12-8-4-5-9-13(12)18)17(10)11-6-2-3-7-11/h4-5,8-9,11,18H,2-3,6-7H2,1H3. The quantitative estimate of drug-likeness (QED) is 0.881. The molecule has 1 aliphatic rings. The average Bonchev–Trinajstić information content (AvgIpc) is 2.98. The highest BCUT2D eigenvalue weighted by Gasteiger charge is 2.23. The molecule has 0 spiro atoms. The molecule has 1 saturated carbocycles. The van der Waals surface area contributed by atoms with Crippen molar-refractivity contribution >= 4 is 0 Å². The number of aromatic nitrogens is 3. The molecule has 18 heavy (non-hydrogen) atoms. The number of rotatable bonds is 2. The second-order valence-electron chi connectivity index (χ2n) is 4.90. The summed E-state index contributed by atoms with van der Waals surface area (Å²) in [5, 5.41) is 18.4. The molecular formula is C14H17N3O. The van der Waals surface area contributed by atoms with Gasteiger partial charge in [0.05, 0.1) is 5.56 Å². The minimum absolute atomic E-state index is 0.268. The van der Waals surface area contributed by atoms with Crippen LogP contribution in [0.15, 0.2) is 24.3 Å². The molecule has 0 atom stereocenters. The van der Waals surface area contributed by atoms with Gasteiger partial charge in [-0.1, -0.05) is 25.0 Å². The number of hydrogen-bond donors (Lipinski definition) is 1. The van der Waals surface area contributed by atoms with E-state index in [4.69, 9.17) is 0 Å². The van der Waals surface area contributed by atoms with Crippen LogP contribution in [0.3, 0.4) is 0 Å². The van der Waals surface area contributed by atoms with Gasteiger partial charge in [0, 0.05) is 6.04 Å². The molecule has 1 heterocycles. The van der Waals surface area contributed by atoms with E-state index < -0.39 is 0 Å². The maximum Gasteiger partial charge on any atom is 0.167 e. The van der Waals surface area contributed by atoms with Crippen molar-refractivity contribution in [3.05, 3.63) is 30.1 Å². The lowest BCUT2D eigenvalue weighted by Crippen LogP contribution is -2.08. The summed E-state index contributed by atoms with van der Waals surface area (Å²) in [6.07, 6.45) is 4.89. The highest BCUT2D eigenvalue weighted by molar-refractivity contribution is 5.63. The molecule has 1 aliphatic carbocycles. The van der Waals surface area contributed by atoms with Gasteiger partial charge in [0.2, 0.25) is 0 Å². The molecule has 1 fully saturated rings. The van der Waals surface area contributed by atoms with Crippen molar-refractivity contribution in [3.63, 3.8) is 0 Å². The zero-order valence-corrected chi connectivity index (χ0v) is 10.5. The van der Waals surface area contributed by atoms with E-state index in [9.17, 15) is 5.11 Å². The van der Waals surface area contributed by atoms with Gasteiger partial charge in [-0.2, -0.15) is 0 Å². The fourth-order valence-electron chi connectivity index (χ4n) is 2.82. The molecule has 0 unspecified atom stereocenters. The molecule has 1 aromatic carbocycles. The Balaban J connectivity index is 2.10. The summed E-state index contributed by atoms with van der Waals surface area (Å²) in [6, 6.07) is 7.80. The lowest BCUT2D eigenvalue weighted by atomic mass is 10.1. The number of phenolic OH excluding ortho intramolecular Hbond substituents is 1. The molecule has 2 aromatic rings. The molecule has 0 radical (unpaired) electrons. The van der Waals surface area contributed by atoms with Gasteiger partial charge >= 0.3 is 0 Å². The summed E-state index contributed by atoms with van der Waals surface area (Å²) in [4.78, 5) is 0. The maximum absolute atomic E-state index is 9.96. The fraction of sp³-hybridized carbons (Fsp3) is 0.429. The van der Waals surface area contributed by atoms with Gasteiger partial charge in [-0.25, -0.2) is 0 Å². The van der Waals surface area contributed by atoms with Crippen molar-refractivity contribution in [3.8, 4) is 17.1 Å². The Morgan fingerprint density at radius 3 is 2.61 bits per heavy atom. The third kappa shape index (κ3) is 1.78. The Kier molecular flexibility index (Phi) is 2.78. The Morgan fingerprint density at radius 1 is 1.17 bits per heavy atom. The molecule has 0 saturated heterocycles. The van der Waals surface area contributed by atoms with E-state index in [0.717, 1.165) is 17.2 Å². The van der Waals surface area contributed by atoms with Crippen molar-refractivity contribution in [1.82, 2.24) is 14.8 Å². The third-order valence-electron chi connectivity index (χ3n) is 3.70. The molecule has 3 rings (SSSR count). The highest BCUT2D eigenvalue weighted by atomic mass is 16.3. The SMILES string of the molecule is Cc1nnc(-c2ccccc2O)n1C1CCCC1. The van der Waals surface area contributed by atoms with Crippen LogP contribution in [-0.2, 0) is 0 Å². The van der Waals surface area contributed by atoms with Crippen LogP contribution in [0.4, 0.5) is 0 Å². The lowest BCUT2D eigenvalue weighted by Gasteiger charge is -2.16. The second-order valence-corrected chi connectivity index (χ2v) is 4.90. The van der Waals surface area contributed by atoms with Crippen molar-refractivity contribution in [2.45, 2.75) is 38.6 Å². The Morgan fingerprint density at radius 2 is 1.89 bits per heavy atom. The fourth-order valence-corrected chi connectivity index (χ4v) is 2.82. The van der Waals surface area contributed by atoms with E-state index >= 15 is 0 Å². The van der Waals surface area contributed by atoms with Crippen LogP contribution in [0, 0.1) is 6.92 Å². The number of para-hydroxylation sites is 1. The molecule has 94 valence electrons. The number of aromatic hydroxyl groups is 1. The number of benzene rings is 1. The van der Waals surface area contributed by atoms with Gasteiger partial charge in [-0.05, 0) is 31.9 Å². The van der Waals surface area contributed by atoms with Crippen molar-refractivity contribution < 1.29 is 5.11 Å². The second kappa shape index (κ2) is 4.44. The van der Waals surface area contributed by atoms with E-state index in [0.29, 0.717) is 6.04 Å². The summed E-state index contributed by atoms with van der Waals surface area (Å²) < 4.78 is 2.18.